The van der Waals surface area contributed by atoms with Crippen LogP contribution in [0.4, 0.5) is 0 Å². The molecule has 0 aliphatic heterocycles. The van der Waals surface area contributed by atoms with Crippen molar-refractivity contribution in [1.29, 1.82) is 0 Å². The molecule has 2 heteroatoms. The predicted molar refractivity (Wildman–Crippen MR) is 97.4 cm³/mol. The third kappa shape index (κ3) is 1.80. The Hall–Kier alpha value is -2.87. The largest absolute Gasteiger partial charge is 0.238 e. The maximum Gasteiger partial charge on any atom is 0.238 e. The van der Waals surface area contributed by atoms with Gasteiger partial charge in [0.2, 0.25) is 11.9 Å². The van der Waals surface area contributed by atoms with Crippen LogP contribution in [0.2, 0.25) is 0 Å². The van der Waals surface area contributed by atoms with Crippen LogP contribution in [0.25, 0.3) is 27.7 Å². The van der Waals surface area contributed by atoms with Crippen molar-refractivity contribution in [3.8, 4) is 16.8 Å². The summed E-state index contributed by atoms with van der Waals surface area (Å²) >= 11 is 0. The molecule has 0 spiro atoms. The minimum Gasteiger partial charge on any atom is -0.150 e. The van der Waals surface area contributed by atoms with E-state index in [1.54, 1.807) is 0 Å². The van der Waals surface area contributed by atoms with Crippen LogP contribution >= 0.6 is 0 Å². The topological polar surface area (TPSA) is 8.81 Å². The number of aryl methyl sites for hydroxylation is 2. The average molecular weight is 311 g/mol. The molecule has 0 bridgehead atoms. The fourth-order valence-electron chi connectivity index (χ4n) is 3.96. The number of fused-ring (bicyclic) bond motifs is 4. The van der Waals surface area contributed by atoms with Crippen molar-refractivity contribution in [2.75, 3.05) is 0 Å². The molecule has 0 amide bonds. The molecule has 24 heavy (non-hydrogen) atoms. The summed E-state index contributed by atoms with van der Waals surface area (Å²) in [6.45, 7) is 2.16. The summed E-state index contributed by atoms with van der Waals surface area (Å²) in [5.74, 6) is 0. The number of hydrogen-bond acceptors (Lipinski definition) is 0. The third-order valence-corrected chi connectivity index (χ3v) is 5.24. The highest BCUT2D eigenvalue weighted by Crippen LogP contribution is 2.38. The van der Waals surface area contributed by atoms with Crippen LogP contribution in [0.1, 0.15) is 16.7 Å². The van der Waals surface area contributed by atoms with Crippen molar-refractivity contribution < 1.29 is 4.68 Å². The monoisotopic (exact) mass is 311 g/mol. The Morgan fingerprint density at radius 3 is 2.54 bits per heavy atom. The Kier molecular flexibility index (Phi) is 2.72. The SMILES string of the molecule is Cc1ccccc1-[n+]1cc2cc3c(cc2n1C)-c1ccccc1C3. The number of benzene rings is 3. The molecule has 2 nitrogen and oxygen atoms in total. The van der Waals surface area contributed by atoms with Crippen molar-refractivity contribution in [1.82, 2.24) is 4.68 Å². The molecule has 4 aromatic rings. The van der Waals surface area contributed by atoms with E-state index in [9.17, 15) is 0 Å². The van der Waals surface area contributed by atoms with E-state index in [0.717, 1.165) is 6.42 Å². The Morgan fingerprint density at radius 1 is 0.875 bits per heavy atom. The van der Waals surface area contributed by atoms with Crippen LogP contribution in [-0.2, 0) is 13.5 Å². The first-order valence-electron chi connectivity index (χ1n) is 8.41. The summed E-state index contributed by atoms with van der Waals surface area (Å²) in [4.78, 5) is 0. The van der Waals surface area contributed by atoms with Gasteiger partial charge in [0.1, 0.15) is 5.52 Å². The van der Waals surface area contributed by atoms with E-state index < -0.39 is 0 Å². The lowest BCUT2D eigenvalue weighted by Gasteiger charge is -2.02. The normalized spacial score (nSPS) is 12.4. The summed E-state index contributed by atoms with van der Waals surface area (Å²) in [5.41, 5.74) is 9.44. The van der Waals surface area contributed by atoms with E-state index in [2.05, 4.69) is 90.2 Å². The molecule has 0 saturated carbocycles. The standard InChI is InChI=1S/C22H19N2/c1-15-7-3-6-10-21(15)24-14-18-12-17-11-16-8-4-5-9-19(16)20(17)13-22(18)23(24)2/h3-10,12-14H,11H2,1-2H3/q+1. The van der Waals surface area contributed by atoms with Gasteiger partial charge in [-0.2, -0.15) is 4.68 Å². The molecular weight excluding hydrogens is 292 g/mol. The molecule has 0 fully saturated rings. The number of para-hydroxylation sites is 1. The lowest BCUT2D eigenvalue weighted by Crippen LogP contribution is -2.39. The van der Waals surface area contributed by atoms with Crippen molar-refractivity contribution in [3.63, 3.8) is 0 Å². The van der Waals surface area contributed by atoms with Crippen LogP contribution < -0.4 is 4.68 Å². The van der Waals surface area contributed by atoms with Gasteiger partial charge >= 0.3 is 0 Å². The van der Waals surface area contributed by atoms with Crippen LogP contribution in [-0.4, -0.2) is 4.68 Å². The first kappa shape index (κ1) is 13.6. The molecular formula is C22H19N2+. The van der Waals surface area contributed by atoms with Gasteiger partial charge in [-0.1, -0.05) is 47.1 Å². The Labute approximate surface area is 141 Å². The molecule has 0 radical (unpaired) electrons. The summed E-state index contributed by atoms with van der Waals surface area (Å²) in [6, 6.07) is 22.0. The maximum absolute atomic E-state index is 2.36. The molecule has 1 aromatic heterocycles. The van der Waals surface area contributed by atoms with Crippen LogP contribution in [0, 0.1) is 6.92 Å². The lowest BCUT2D eigenvalue weighted by atomic mass is 10.0. The summed E-state index contributed by atoms with van der Waals surface area (Å²) in [7, 11) is 2.14. The molecule has 0 unspecified atom stereocenters. The van der Waals surface area contributed by atoms with E-state index >= 15 is 0 Å². The first-order valence-corrected chi connectivity index (χ1v) is 8.41. The third-order valence-electron chi connectivity index (χ3n) is 5.24. The van der Waals surface area contributed by atoms with Crippen molar-refractivity contribution >= 4 is 10.9 Å². The zero-order valence-electron chi connectivity index (χ0n) is 14.0. The van der Waals surface area contributed by atoms with E-state index in [-0.39, 0.29) is 0 Å². The molecule has 5 rings (SSSR count). The Morgan fingerprint density at radius 2 is 1.67 bits per heavy atom. The second-order valence-electron chi connectivity index (χ2n) is 6.69. The van der Waals surface area contributed by atoms with Gasteiger partial charge < -0.3 is 0 Å². The second-order valence-corrected chi connectivity index (χ2v) is 6.69. The minimum atomic E-state index is 1.04. The second kappa shape index (κ2) is 4.81. The summed E-state index contributed by atoms with van der Waals surface area (Å²) < 4.78 is 4.50. The highest BCUT2D eigenvalue weighted by molar-refractivity contribution is 5.89. The highest BCUT2D eigenvalue weighted by Gasteiger charge is 2.23. The average Bonchev–Trinajstić information content (AvgIpc) is 3.11. The molecule has 0 saturated heterocycles. The van der Waals surface area contributed by atoms with Crippen molar-refractivity contribution in [2.24, 2.45) is 7.05 Å². The van der Waals surface area contributed by atoms with Gasteiger partial charge in [-0.3, -0.25) is 0 Å². The fraction of sp³-hybridized carbons (Fsp3) is 0.136. The Balaban J connectivity index is 1.77. The highest BCUT2D eigenvalue weighted by atomic mass is 15.4. The van der Waals surface area contributed by atoms with Gasteiger partial charge in [0.05, 0.1) is 12.4 Å². The zero-order valence-corrected chi connectivity index (χ0v) is 14.0. The van der Waals surface area contributed by atoms with Crippen molar-refractivity contribution in [3.05, 3.63) is 83.6 Å². The minimum absolute atomic E-state index is 1.04. The van der Waals surface area contributed by atoms with Crippen LogP contribution in [0.3, 0.4) is 0 Å². The summed E-state index contributed by atoms with van der Waals surface area (Å²) in [6.07, 6.45) is 3.29. The first-order chi connectivity index (χ1) is 11.7. The number of rotatable bonds is 1. The maximum atomic E-state index is 2.36. The van der Waals surface area contributed by atoms with E-state index in [4.69, 9.17) is 0 Å². The molecule has 0 atom stereocenters. The predicted octanol–water partition coefficient (Wildman–Crippen LogP) is 4.33. The van der Waals surface area contributed by atoms with Crippen molar-refractivity contribution in [2.45, 2.75) is 13.3 Å². The van der Waals surface area contributed by atoms with E-state index in [0.29, 0.717) is 0 Å². The van der Waals surface area contributed by atoms with Gasteiger partial charge in [-0.05, 0) is 47.7 Å². The van der Waals surface area contributed by atoms with E-state index in [1.807, 2.05) is 0 Å². The van der Waals surface area contributed by atoms with Gasteiger partial charge in [0.15, 0.2) is 0 Å². The van der Waals surface area contributed by atoms with Crippen LogP contribution in [0.5, 0.6) is 0 Å². The fourth-order valence-corrected chi connectivity index (χ4v) is 3.96. The van der Waals surface area contributed by atoms with Gasteiger partial charge in [-0.15, -0.1) is 0 Å². The quantitative estimate of drug-likeness (QED) is 0.407. The lowest BCUT2D eigenvalue weighted by molar-refractivity contribution is -0.680. The molecule has 0 N–H and O–H groups in total. The van der Waals surface area contributed by atoms with Gasteiger partial charge in [0.25, 0.3) is 0 Å². The molecule has 1 aliphatic carbocycles. The molecule has 1 heterocycles. The smallest absolute Gasteiger partial charge is 0.150 e. The number of nitrogens with zero attached hydrogens (tertiary/aromatic N) is 2. The summed E-state index contributed by atoms with van der Waals surface area (Å²) in [5, 5.41) is 1.30. The molecule has 116 valence electrons. The van der Waals surface area contributed by atoms with Gasteiger partial charge in [0, 0.05) is 11.6 Å². The Bertz CT molecular complexity index is 1100. The zero-order chi connectivity index (χ0) is 16.3. The number of aromatic nitrogens is 2. The number of hydrogen-bond donors (Lipinski definition) is 0. The molecule has 3 aromatic carbocycles. The van der Waals surface area contributed by atoms with Gasteiger partial charge in [-0.25, -0.2) is 0 Å². The van der Waals surface area contributed by atoms with Crippen LogP contribution in [0.15, 0.2) is 66.9 Å². The van der Waals surface area contributed by atoms with E-state index in [1.165, 1.54) is 44.4 Å². The molecule has 1 aliphatic rings.